The Kier molecular flexibility index (Phi) is 31.8. The lowest BCUT2D eigenvalue weighted by Gasteiger charge is -2.49. The summed E-state index contributed by atoms with van der Waals surface area (Å²) >= 11 is 3.61. The van der Waals surface area contributed by atoms with Crippen LogP contribution in [0.2, 0.25) is 0 Å². The largest absolute Gasteiger partial charge is 0.464 e. The number of rotatable bonds is 47. The molecule has 30 heteroatoms. The number of nitrogens with zero attached hydrogens (tertiary/aromatic N) is 5. The Bertz CT molecular complexity index is 4970. The number of thiazole rings is 1. The molecule has 27 nitrogen and oxygen atoms in total. The Morgan fingerprint density at radius 2 is 0.983 bits per heavy atom. The summed E-state index contributed by atoms with van der Waals surface area (Å²) in [7, 11) is 6.25. The molecule has 1 saturated heterocycles. The second-order valence-electron chi connectivity index (χ2n) is 26.7. The molecule has 2 aliphatic heterocycles. The van der Waals surface area contributed by atoms with E-state index in [4.69, 9.17) is 80.6 Å². The lowest BCUT2D eigenvalue weighted by Crippen LogP contribution is -2.71. The number of benzene rings is 9. The number of anilines is 1. The maximum Gasteiger partial charge on any atom is 0.356 e. The smallest absolute Gasteiger partial charge is 0.356 e. The highest BCUT2D eigenvalue weighted by Gasteiger charge is 2.55. The highest BCUT2D eigenvalue weighted by molar-refractivity contribution is 8.01. The zero-order valence-electron chi connectivity index (χ0n) is 66.2. The van der Waals surface area contributed by atoms with Gasteiger partial charge in [-0.1, -0.05) is 235 Å². The molecule has 0 spiro atoms. The summed E-state index contributed by atoms with van der Waals surface area (Å²) in [6.07, 6.45) is -3.72. The fourth-order valence-electron chi connectivity index (χ4n) is 13.0. The molecule has 2 aromatic heterocycles. The van der Waals surface area contributed by atoms with Crippen molar-refractivity contribution in [3.63, 3.8) is 0 Å². The van der Waals surface area contributed by atoms with Gasteiger partial charge in [-0.05, 0) is 74.8 Å². The molecule has 2 N–H and O–H groups in total. The van der Waals surface area contributed by atoms with E-state index < -0.39 is 64.7 Å². The van der Waals surface area contributed by atoms with Gasteiger partial charge in [0, 0.05) is 56.5 Å². The first-order chi connectivity index (χ1) is 59.0. The first kappa shape index (κ1) is 86.1. The highest BCUT2D eigenvalue weighted by atomic mass is 32.2. The Morgan fingerprint density at radius 3 is 1.47 bits per heavy atom. The van der Waals surface area contributed by atoms with E-state index in [1.165, 1.54) is 34.1 Å². The van der Waals surface area contributed by atoms with Crippen LogP contribution in [0.5, 0.6) is 23.0 Å². The third-order valence-electron chi connectivity index (χ3n) is 18.9. The number of carbonyl (C=O) groups excluding carboxylic acids is 4. The average molecular weight is 1680 g/mol. The van der Waals surface area contributed by atoms with E-state index in [2.05, 4.69) is 26.0 Å². The number of aromatic nitrogens is 3. The number of amides is 2. The van der Waals surface area contributed by atoms with Gasteiger partial charge < -0.3 is 86.2 Å². The number of esters is 2. The SMILES string of the molecule is COCCOCOc1ccc(-c2nnc(SCC3=C(C(=O)OC(c4ccccc4)c4ccccc4)N4C(=O)[C@@H](NC(=O)C(=NOC(C(=O)OC(c5ccccc5)c5ccccc5)c5ccc(OCOCCOC)c(OCOCCOC)c5)c5csc(NC(c6ccccc6)(c6ccccc6)c6ccccc6)n5)[C@@H]4SC3)o2)cc1OCOCCOC. The third kappa shape index (κ3) is 22.2. The molecule has 1 unspecified atom stereocenters. The van der Waals surface area contributed by atoms with E-state index in [0.29, 0.717) is 76.4 Å². The van der Waals surface area contributed by atoms with E-state index in [0.717, 1.165) is 28.5 Å². The summed E-state index contributed by atoms with van der Waals surface area (Å²) in [6.45, 7) is 1.61. The second-order valence-corrected chi connectivity index (χ2v) is 29.6. The van der Waals surface area contributed by atoms with E-state index >= 15 is 19.2 Å². The highest BCUT2D eigenvalue weighted by Crippen LogP contribution is 2.46. The van der Waals surface area contributed by atoms with E-state index in [1.54, 1.807) is 64.2 Å². The van der Waals surface area contributed by atoms with Crippen LogP contribution in [0.1, 0.15) is 68.5 Å². The molecule has 0 aliphatic carbocycles. The number of methoxy groups -OCH3 is 4. The van der Waals surface area contributed by atoms with Gasteiger partial charge in [-0.2, -0.15) is 0 Å². The minimum absolute atomic E-state index is 0.0285. The average Bonchev–Trinajstić information content (AvgIpc) is 0.867. The van der Waals surface area contributed by atoms with Crippen molar-refractivity contribution in [2.75, 3.05) is 125 Å². The van der Waals surface area contributed by atoms with Crippen LogP contribution in [-0.2, 0) is 76.9 Å². The summed E-state index contributed by atoms with van der Waals surface area (Å²) in [6, 6.07) is 74.9. The number of thioether (sulfide) groups is 2. The van der Waals surface area contributed by atoms with Gasteiger partial charge >= 0.3 is 11.9 Å². The molecule has 0 radical (unpaired) electrons. The van der Waals surface area contributed by atoms with Crippen molar-refractivity contribution in [2.45, 2.75) is 40.5 Å². The molecule has 2 amide bonds. The minimum Gasteiger partial charge on any atom is -0.464 e. The maximum absolute atomic E-state index is 16.0. The molecule has 120 heavy (non-hydrogen) atoms. The van der Waals surface area contributed by atoms with Gasteiger partial charge in [0.05, 0.1) is 52.9 Å². The van der Waals surface area contributed by atoms with Crippen LogP contribution in [0.3, 0.4) is 0 Å². The van der Waals surface area contributed by atoms with Crippen LogP contribution in [0.4, 0.5) is 5.13 Å². The normalized spacial score (nSPS) is 14.2. The zero-order valence-corrected chi connectivity index (χ0v) is 68.6. The number of hydrogen-bond acceptors (Lipinski definition) is 28. The van der Waals surface area contributed by atoms with Crippen molar-refractivity contribution < 1.29 is 94.7 Å². The fourth-order valence-corrected chi connectivity index (χ4v) is 16.0. The van der Waals surface area contributed by atoms with Crippen molar-refractivity contribution in [2.24, 2.45) is 5.16 Å². The minimum atomic E-state index is -1.79. The number of β-lactam (4-membered cyclic amide) rings is 1. The molecule has 13 rings (SSSR count). The van der Waals surface area contributed by atoms with Crippen LogP contribution in [0, 0.1) is 0 Å². The Hall–Kier alpha value is -11.8. The second kappa shape index (κ2) is 44.3. The van der Waals surface area contributed by atoms with Crippen molar-refractivity contribution in [1.29, 1.82) is 0 Å². The van der Waals surface area contributed by atoms with Crippen LogP contribution in [-0.4, -0.2) is 181 Å². The van der Waals surface area contributed by atoms with E-state index in [-0.39, 0.29) is 105 Å². The number of ether oxygens (including phenoxy) is 14. The Labute approximate surface area is 706 Å². The molecule has 2 aliphatic rings. The molecule has 9 aromatic carbocycles. The van der Waals surface area contributed by atoms with Gasteiger partial charge in [0.25, 0.3) is 17.0 Å². The molecule has 1 fully saturated rings. The molecule has 3 atom stereocenters. The van der Waals surface area contributed by atoms with Gasteiger partial charge in [0.2, 0.25) is 12.0 Å². The van der Waals surface area contributed by atoms with Crippen molar-refractivity contribution in [3.05, 3.63) is 316 Å². The molecule has 622 valence electrons. The number of carbonyl (C=O) groups is 4. The van der Waals surface area contributed by atoms with E-state index in [1.807, 2.05) is 212 Å². The molecule has 0 saturated carbocycles. The number of fused-ring (bicyclic) bond motifs is 1. The standard InChI is InChI=1S/C90H89N7O20S3/c1-102-44-48-106-57-110-72-42-40-65(52-74(72)112-59-108-50-46-104-3)81(87(101)115-80(63-30-16-7-17-31-63)64-32-18-8-19-33-64)117-96-76(71-56-119-88(91-71)93-90(68-34-20-9-21-35-68,69-36-22-10-23-37-69)70-38-24-11-25-39-70)82(98)92-77-84(99)97-78(86(100)114-79(61-26-12-5-13-27-61)62-28-14-6-15-29-62)67(54-118-85(77)97)55-120-89-95-94-83(116-89)66-41-43-73(111-58-107-49-45-103-2)75(53-66)113-60-109-51-47-105-4/h5-43,52-53,56,77,79-81,85H,44-51,54-55,57-60H2,1-4H3,(H,91,93)(H,92,98)/t77-,81?,85+/m1/s1. The Balaban J connectivity index is 0.867. The molecule has 4 heterocycles. The van der Waals surface area contributed by atoms with Gasteiger partial charge in [-0.25, -0.2) is 14.6 Å². The van der Waals surface area contributed by atoms with Gasteiger partial charge in [-0.3, -0.25) is 14.5 Å². The zero-order chi connectivity index (χ0) is 83.1. The van der Waals surface area contributed by atoms with Gasteiger partial charge in [0.15, 0.2) is 73.2 Å². The summed E-state index contributed by atoms with van der Waals surface area (Å²) in [5.74, 6) is -2.08. The summed E-state index contributed by atoms with van der Waals surface area (Å²) in [5.41, 5.74) is 4.66. The maximum atomic E-state index is 16.0. The fraction of sp³-hybridized carbons (Fsp3) is 0.267. The monoisotopic (exact) mass is 1680 g/mol. The van der Waals surface area contributed by atoms with Crippen LogP contribution >= 0.6 is 34.9 Å². The quantitative estimate of drug-likeness (QED) is 0.00523. The first-order valence-corrected chi connectivity index (χ1v) is 41.2. The predicted molar refractivity (Wildman–Crippen MR) is 449 cm³/mol. The molecular formula is C90H89N7O20S3. The van der Waals surface area contributed by atoms with Crippen LogP contribution in [0.15, 0.2) is 280 Å². The molecular weight excluding hydrogens is 1600 g/mol. The Morgan fingerprint density at radius 1 is 0.533 bits per heavy atom. The lowest BCUT2D eigenvalue weighted by atomic mass is 9.77. The lowest BCUT2D eigenvalue weighted by molar-refractivity contribution is -0.162. The van der Waals surface area contributed by atoms with Crippen molar-refractivity contribution in [1.82, 2.24) is 25.4 Å². The number of hydrogen-bond donors (Lipinski definition) is 2. The van der Waals surface area contributed by atoms with Crippen molar-refractivity contribution >= 4 is 69.5 Å². The summed E-state index contributed by atoms with van der Waals surface area (Å²) in [5, 5.41) is 21.4. The third-order valence-corrected chi connectivity index (χ3v) is 21.9. The van der Waals surface area contributed by atoms with Crippen molar-refractivity contribution in [3.8, 4) is 34.5 Å². The van der Waals surface area contributed by atoms with Gasteiger partial charge in [0.1, 0.15) is 28.3 Å². The summed E-state index contributed by atoms with van der Waals surface area (Å²) < 4.78 is 86.9. The predicted octanol–water partition coefficient (Wildman–Crippen LogP) is 14.2. The summed E-state index contributed by atoms with van der Waals surface area (Å²) in [4.78, 5) is 75.9. The van der Waals surface area contributed by atoms with Crippen LogP contribution < -0.4 is 29.6 Å². The number of oxime groups is 1. The first-order valence-electron chi connectivity index (χ1n) is 38.3. The molecule has 11 aromatic rings. The van der Waals surface area contributed by atoms with Gasteiger partial charge in [-0.15, -0.1) is 33.3 Å². The van der Waals surface area contributed by atoms with Crippen LogP contribution in [0.25, 0.3) is 11.5 Å². The number of nitrogens with one attached hydrogen (secondary N) is 2. The van der Waals surface area contributed by atoms with E-state index in [9.17, 15) is 0 Å². The topological polar surface area (TPSA) is 298 Å². The molecule has 0 bridgehead atoms.